The summed E-state index contributed by atoms with van der Waals surface area (Å²) < 4.78 is 1.71. The summed E-state index contributed by atoms with van der Waals surface area (Å²) in [4.78, 5) is 25.0. The Morgan fingerprint density at radius 3 is 2.35 bits per heavy atom. The molecule has 6 heteroatoms. The predicted molar refractivity (Wildman–Crippen MR) is 147 cm³/mol. The van der Waals surface area contributed by atoms with E-state index in [0.29, 0.717) is 5.69 Å². The van der Waals surface area contributed by atoms with Crippen molar-refractivity contribution in [1.82, 2.24) is 9.78 Å². The third kappa shape index (κ3) is 5.04. The van der Waals surface area contributed by atoms with E-state index >= 15 is 0 Å². The minimum Gasteiger partial charge on any atom is -0.478 e. The molecule has 37 heavy (non-hydrogen) atoms. The van der Waals surface area contributed by atoms with Crippen LogP contribution < -0.4 is 5.32 Å². The number of nitrogens with zero attached hydrogens (tertiary/aromatic N) is 2. The summed E-state index contributed by atoms with van der Waals surface area (Å²) in [5.41, 5.74) is 5.10. The Bertz CT molecular complexity index is 1670. The fourth-order valence-corrected chi connectivity index (χ4v) is 4.34. The van der Waals surface area contributed by atoms with Crippen molar-refractivity contribution in [2.45, 2.75) is 13.8 Å². The molecule has 0 aliphatic rings. The summed E-state index contributed by atoms with van der Waals surface area (Å²) >= 11 is 0. The minimum atomic E-state index is -1.14. The molecule has 1 heterocycles. The van der Waals surface area contributed by atoms with E-state index in [9.17, 15) is 14.7 Å². The zero-order valence-electron chi connectivity index (χ0n) is 20.5. The van der Waals surface area contributed by atoms with Gasteiger partial charge in [-0.25, -0.2) is 9.48 Å². The van der Waals surface area contributed by atoms with E-state index in [1.165, 1.54) is 12.1 Å². The second-order valence-corrected chi connectivity index (χ2v) is 8.86. The molecular formula is C31H25N3O3. The molecule has 1 aromatic heterocycles. The number of amides is 1. The van der Waals surface area contributed by atoms with Crippen LogP contribution in [-0.2, 0) is 4.79 Å². The normalized spacial score (nSPS) is 11.5. The number of aryl methyl sites for hydroxylation is 1. The first-order chi connectivity index (χ1) is 17.9. The summed E-state index contributed by atoms with van der Waals surface area (Å²) in [6, 6.07) is 30.6. The van der Waals surface area contributed by atoms with Crippen LogP contribution in [0.25, 0.3) is 33.3 Å². The molecule has 0 atom stereocenters. The third-order valence-corrected chi connectivity index (χ3v) is 6.19. The third-order valence-electron chi connectivity index (χ3n) is 6.19. The van der Waals surface area contributed by atoms with Crippen molar-refractivity contribution in [2.75, 3.05) is 5.32 Å². The van der Waals surface area contributed by atoms with E-state index in [1.54, 1.807) is 16.8 Å². The topological polar surface area (TPSA) is 84.2 Å². The maximum atomic E-state index is 12.8. The molecule has 0 radical (unpaired) electrons. The molecule has 0 aliphatic carbocycles. The molecule has 6 nitrogen and oxygen atoms in total. The van der Waals surface area contributed by atoms with Gasteiger partial charge in [0, 0.05) is 11.6 Å². The number of anilines is 1. The first kappa shape index (κ1) is 23.8. The standard InChI is InChI=1S/C31H25N3O3/c1-20(24-13-12-22-8-6-7-11-25(22)18-24)16-30(35)32-28-15-14-26(19-27(28)31(36)37)34-29(17-21(2)33-34)23-9-4-3-5-10-23/h3-19H,1-2H3,(H,32,35)(H,36,37). The fraction of sp³-hybridized carbons (Fsp3) is 0.0645. The van der Waals surface area contributed by atoms with Gasteiger partial charge < -0.3 is 10.4 Å². The van der Waals surface area contributed by atoms with Crippen molar-refractivity contribution in [3.8, 4) is 16.9 Å². The average molecular weight is 488 g/mol. The summed E-state index contributed by atoms with van der Waals surface area (Å²) in [6.45, 7) is 3.75. The van der Waals surface area contributed by atoms with Crippen LogP contribution in [0.5, 0.6) is 0 Å². The van der Waals surface area contributed by atoms with E-state index < -0.39 is 11.9 Å². The number of carboxylic acids is 1. The highest BCUT2D eigenvalue weighted by Gasteiger charge is 2.16. The molecule has 0 saturated heterocycles. The zero-order chi connectivity index (χ0) is 25.9. The Kier molecular flexibility index (Phi) is 6.39. The number of rotatable bonds is 6. The van der Waals surface area contributed by atoms with Gasteiger partial charge in [0.15, 0.2) is 0 Å². The Morgan fingerprint density at radius 1 is 0.865 bits per heavy atom. The molecular weight excluding hydrogens is 462 g/mol. The second kappa shape index (κ2) is 9.95. The highest BCUT2D eigenvalue weighted by atomic mass is 16.4. The SMILES string of the molecule is CC(=CC(=O)Nc1ccc(-n2nc(C)cc2-c2ccccc2)cc1C(=O)O)c1ccc2ccccc2c1. The van der Waals surface area contributed by atoms with Gasteiger partial charge >= 0.3 is 5.97 Å². The highest BCUT2D eigenvalue weighted by Crippen LogP contribution is 2.27. The number of nitrogens with one attached hydrogen (secondary N) is 1. The predicted octanol–water partition coefficient (Wildman–Crippen LogP) is 6.74. The number of aromatic carboxylic acids is 1. The van der Waals surface area contributed by atoms with E-state index in [4.69, 9.17) is 0 Å². The van der Waals surface area contributed by atoms with E-state index in [2.05, 4.69) is 10.4 Å². The van der Waals surface area contributed by atoms with Gasteiger partial charge in [-0.05, 0) is 66.1 Å². The van der Waals surface area contributed by atoms with Crippen molar-refractivity contribution in [2.24, 2.45) is 0 Å². The van der Waals surface area contributed by atoms with Crippen molar-refractivity contribution < 1.29 is 14.7 Å². The Hall–Kier alpha value is -4.97. The van der Waals surface area contributed by atoms with Crippen LogP contribution in [0.2, 0.25) is 0 Å². The number of aromatic nitrogens is 2. The molecule has 0 unspecified atom stereocenters. The Balaban J connectivity index is 1.43. The summed E-state index contributed by atoms with van der Waals surface area (Å²) in [5, 5.41) is 19.4. The molecule has 2 N–H and O–H groups in total. The lowest BCUT2D eigenvalue weighted by Gasteiger charge is -2.12. The smallest absolute Gasteiger partial charge is 0.337 e. The van der Waals surface area contributed by atoms with Crippen LogP contribution in [0, 0.1) is 6.92 Å². The highest BCUT2D eigenvalue weighted by molar-refractivity contribution is 6.07. The molecule has 5 aromatic rings. The van der Waals surface area contributed by atoms with E-state index in [0.717, 1.165) is 38.9 Å². The van der Waals surface area contributed by atoms with Crippen LogP contribution in [0.4, 0.5) is 5.69 Å². The lowest BCUT2D eigenvalue weighted by molar-refractivity contribution is -0.111. The summed E-state index contributed by atoms with van der Waals surface area (Å²) in [5.74, 6) is -1.54. The van der Waals surface area contributed by atoms with Crippen LogP contribution in [-0.4, -0.2) is 26.8 Å². The van der Waals surface area contributed by atoms with Gasteiger partial charge in [0.2, 0.25) is 5.91 Å². The van der Waals surface area contributed by atoms with Crippen molar-refractivity contribution in [3.63, 3.8) is 0 Å². The van der Waals surface area contributed by atoms with Crippen molar-refractivity contribution in [3.05, 3.63) is 120 Å². The molecule has 0 bridgehead atoms. The van der Waals surface area contributed by atoms with Gasteiger partial charge in [0.25, 0.3) is 0 Å². The van der Waals surface area contributed by atoms with E-state index in [1.807, 2.05) is 92.7 Å². The van der Waals surface area contributed by atoms with Gasteiger partial charge in [-0.1, -0.05) is 66.7 Å². The number of benzene rings is 4. The van der Waals surface area contributed by atoms with Crippen molar-refractivity contribution in [1.29, 1.82) is 0 Å². The molecule has 0 saturated carbocycles. The average Bonchev–Trinajstić information content (AvgIpc) is 3.30. The number of fused-ring (bicyclic) bond motifs is 1. The monoisotopic (exact) mass is 487 g/mol. The number of carbonyl (C=O) groups excluding carboxylic acids is 1. The molecule has 4 aromatic carbocycles. The van der Waals surface area contributed by atoms with Gasteiger partial charge in [-0.2, -0.15) is 5.10 Å². The second-order valence-electron chi connectivity index (χ2n) is 8.86. The van der Waals surface area contributed by atoms with Gasteiger partial charge in [0.1, 0.15) is 0 Å². The Morgan fingerprint density at radius 2 is 1.59 bits per heavy atom. The molecule has 0 spiro atoms. The van der Waals surface area contributed by atoms with Crippen LogP contribution in [0.3, 0.4) is 0 Å². The minimum absolute atomic E-state index is 0.0187. The lowest BCUT2D eigenvalue weighted by Crippen LogP contribution is -2.13. The zero-order valence-corrected chi connectivity index (χ0v) is 20.5. The van der Waals surface area contributed by atoms with Crippen LogP contribution in [0.15, 0.2) is 103 Å². The molecule has 1 amide bonds. The van der Waals surface area contributed by atoms with Crippen molar-refractivity contribution >= 4 is 33.9 Å². The number of carbonyl (C=O) groups is 2. The van der Waals surface area contributed by atoms with Crippen LogP contribution >= 0.6 is 0 Å². The van der Waals surface area contributed by atoms with Gasteiger partial charge in [-0.3, -0.25) is 4.79 Å². The largest absolute Gasteiger partial charge is 0.478 e. The maximum absolute atomic E-state index is 12.8. The Labute approximate surface area is 214 Å². The number of carboxylic acid groups (broad SMARTS) is 1. The lowest BCUT2D eigenvalue weighted by atomic mass is 10.0. The van der Waals surface area contributed by atoms with Gasteiger partial charge in [0.05, 0.1) is 28.3 Å². The number of hydrogen-bond acceptors (Lipinski definition) is 3. The number of hydrogen-bond donors (Lipinski definition) is 2. The summed E-state index contributed by atoms with van der Waals surface area (Å²) in [7, 11) is 0. The number of allylic oxidation sites excluding steroid dienone is 1. The van der Waals surface area contributed by atoms with Crippen LogP contribution in [0.1, 0.15) is 28.5 Å². The molecule has 0 aliphatic heterocycles. The van der Waals surface area contributed by atoms with Gasteiger partial charge in [-0.15, -0.1) is 0 Å². The van der Waals surface area contributed by atoms with E-state index in [-0.39, 0.29) is 11.3 Å². The molecule has 5 rings (SSSR count). The quantitative estimate of drug-likeness (QED) is 0.260. The summed E-state index contributed by atoms with van der Waals surface area (Å²) in [6.07, 6.45) is 1.48. The first-order valence-corrected chi connectivity index (χ1v) is 11.9. The fourth-order valence-electron chi connectivity index (χ4n) is 4.34. The molecule has 0 fully saturated rings. The first-order valence-electron chi connectivity index (χ1n) is 11.9. The maximum Gasteiger partial charge on any atom is 0.337 e. The molecule has 182 valence electrons.